The van der Waals surface area contributed by atoms with Gasteiger partial charge in [0, 0.05) is 21.1 Å². The van der Waals surface area contributed by atoms with Gasteiger partial charge in [0.1, 0.15) is 6.04 Å². The molecule has 5 N–H and O–H groups in total. The third kappa shape index (κ3) is 4.30. The summed E-state index contributed by atoms with van der Waals surface area (Å²) < 4.78 is 4.04. The molecule has 0 aliphatic heterocycles. The van der Waals surface area contributed by atoms with Crippen LogP contribution in [-0.4, -0.2) is 42.3 Å². The summed E-state index contributed by atoms with van der Waals surface area (Å²) in [5.41, 5.74) is 10.6. The SMILES string of the molecule is Cn1c(=O)c2c(ncn2C)n(C)c1=O.NCCCC[C@H](N)C(=O)O. The number of carboxylic acids is 1. The summed E-state index contributed by atoms with van der Waals surface area (Å²) in [7, 11) is 4.77. The summed E-state index contributed by atoms with van der Waals surface area (Å²) in [4.78, 5) is 37.3. The van der Waals surface area contributed by atoms with Crippen LogP contribution in [0.4, 0.5) is 0 Å². The van der Waals surface area contributed by atoms with Crippen LogP contribution in [0.2, 0.25) is 0 Å². The van der Waals surface area contributed by atoms with Crippen LogP contribution >= 0.6 is 0 Å². The van der Waals surface area contributed by atoms with Gasteiger partial charge in [-0.25, -0.2) is 9.78 Å². The number of fused-ring (bicyclic) bond motifs is 1. The summed E-state index contributed by atoms with van der Waals surface area (Å²) in [5, 5.41) is 8.33. The van der Waals surface area contributed by atoms with Crippen molar-refractivity contribution in [2.24, 2.45) is 32.6 Å². The third-order valence-electron chi connectivity index (χ3n) is 3.60. The molecule has 2 rings (SSSR count). The Labute approximate surface area is 138 Å². The van der Waals surface area contributed by atoms with Crippen molar-refractivity contribution in [2.75, 3.05) is 6.54 Å². The van der Waals surface area contributed by atoms with E-state index in [4.69, 9.17) is 16.6 Å². The third-order valence-corrected chi connectivity index (χ3v) is 3.60. The summed E-state index contributed by atoms with van der Waals surface area (Å²) in [6, 6.07) is -0.716. The van der Waals surface area contributed by atoms with Crippen LogP contribution in [0.25, 0.3) is 11.2 Å². The van der Waals surface area contributed by atoms with E-state index in [9.17, 15) is 14.4 Å². The lowest BCUT2D eigenvalue weighted by Gasteiger charge is -2.03. The highest BCUT2D eigenvalue weighted by Gasteiger charge is 2.11. The van der Waals surface area contributed by atoms with E-state index >= 15 is 0 Å². The van der Waals surface area contributed by atoms with E-state index in [0.717, 1.165) is 17.4 Å². The molecule has 0 fully saturated rings. The molecule has 1 atom stereocenters. The molecule has 0 amide bonds. The van der Waals surface area contributed by atoms with Crippen LogP contribution in [0.1, 0.15) is 19.3 Å². The Morgan fingerprint density at radius 1 is 1.25 bits per heavy atom. The van der Waals surface area contributed by atoms with Gasteiger partial charge in [0.05, 0.1) is 6.33 Å². The summed E-state index contributed by atoms with van der Waals surface area (Å²) in [5.74, 6) is -0.933. The lowest BCUT2D eigenvalue weighted by atomic mass is 10.1. The van der Waals surface area contributed by atoms with E-state index in [1.54, 1.807) is 18.7 Å². The Hall–Kier alpha value is -2.46. The van der Waals surface area contributed by atoms with E-state index < -0.39 is 12.0 Å². The lowest BCUT2D eigenvalue weighted by molar-refractivity contribution is -0.138. The highest BCUT2D eigenvalue weighted by molar-refractivity contribution is 5.72. The van der Waals surface area contributed by atoms with Crippen LogP contribution in [-0.2, 0) is 25.9 Å². The lowest BCUT2D eigenvalue weighted by Crippen LogP contribution is -2.37. The van der Waals surface area contributed by atoms with Gasteiger partial charge in [-0.05, 0) is 19.4 Å². The topological polar surface area (TPSA) is 151 Å². The first-order valence-corrected chi connectivity index (χ1v) is 7.47. The molecule has 134 valence electrons. The van der Waals surface area contributed by atoms with Crippen LogP contribution in [0.5, 0.6) is 0 Å². The number of nitrogens with zero attached hydrogens (tertiary/aromatic N) is 4. The fourth-order valence-corrected chi connectivity index (χ4v) is 2.10. The van der Waals surface area contributed by atoms with E-state index in [2.05, 4.69) is 4.98 Å². The molecule has 0 unspecified atom stereocenters. The van der Waals surface area contributed by atoms with E-state index in [-0.39, 0.29) is 11.2 Å². The van der Waals surface area contributed by atoms with Crippen molar-refractivity contribution in [1.82, 2.24) is 18.7 Å². The first-order chi connectivity index (χ1) is 11.2. The summed E-state index contributed by atoms with van der Waals surface area (Å²) >= 11 is 0. The molecule has 10 heteroatoms. The number of carboxylic acid groups (broad SMARTS) is 1. The summed E-state index contributed by atoms with van der Waals surface area (Å²) in [6.07, 6.45) is 3.68. The number of imidazole rings is 1. The molecule has 0 bridgehead atoms. The van der Waals surface area contributed by atoms with Crippen molar-refractivity contribution < 1.29 is 9.90 Å². The van der Waals surface area contributed by atoms with Gasteiger partial charge < -0.3 is 21.1 Å². The Bertz CT molecular complexity index is 819. The van der Waals surface area contributed by atoms with Crippen molar-refractivity contribution in [3.8, 4) is 0 Å². The van der Waals surface area contributed by atoms with Crippen molar-refractivity contribution in [2.45, 2.75) is 25.3 Å². The number of rotatable bonds is 5. The number of aromatic nitrogens is 4. The highest BCUT2D eigenvalue weighted by Crippen LogP contribution is 2.01. The normalized spacial score (nSPS) is 11.9. The second-order valence-electron chi connectivity index (χ2n) is 5.46. The molecule has 10 nitrogen and oxygen atoms in total. The Kier molecular flexibility index (Phi) is 6.86. The molecule has 2 heterocycles. The predicted octanol–water partition coefficient (Wildman–Crippen LogP) is -1.50. The van der Waals surface area contributed by atoms with Crippen molar-refractivity contribution in [1.29, 1.82) is 0 Å². The van der Waals surface area contributed by atoms with E-state index in [1.807, 2.05) is 0 Å². The van der Waals surface area contributed by atoms with Gasteiger partial charge in [0.2, 0.25) is 0 Å². The molecule has 0 aliphatic carbocycles. The molecule has 0 saturated carbocycles. The Morgan fingerprint density at radius 3 is 2.42 bits per heavy atom. The van der Waals surface area contributed by atoms with E-state index in [1.165, 1.54) is 17.9 Å². The quantitative estimate of drug-likeness (QED) is 0.560. The van der Waals surface area contributed by atoms with Crippen LogP contribution in [0, 0.1) is 0 Å². The predicted molar refractivity (Wildman–Crippen MR) is 89.7 cm³/mol. The van der Waals surface area contributed by atoms with Gasteiger partial charge in [-0.1, -0.05) is 6.42 Å². The van der Waals surface area contributed by atoms with Crippen LogP contribution in [0.15, 0.2) is 15.9 Å². The fraction of sp³-hybridized carbons (Fsp3) is 0.571. The molecule has 24 heavy (non-hydrogen) atoms. The monoisotopic (exact) mass is 340 g/mol. The van der Waals surface area contributed by atoms with Crippen LogP contribution < -0.4 is 22.7 Å². The maximum atomic E-state index is 11.7. The Morgan fingerprint density at radius 2 is 1.88 bits per heavy atom. The first kappa shape index (κ1) is 19.6. The molecular weight excluding hydrogens is 316 g/mol. The van der Waals surface area contributed by atoms with Crippen molar-refractivity contribution in [3.05, 3.63) is 27.2 Å². The van der Waals surface area contributed by atoms with Crippen molar-refractivity contribution >= 4 is 17.1 Å². The average Bonchev–Trinajstić information content (AvgIpc) is 2.93. The minimum absolute atomic E-state index is 0.317. The minimum Gasteiger partial charge on any atom is -0.480 e. The van der Waals surface area contributed by atoms with Gasteiger partial charge in [-0.2, -0.15) is 0 Å². The largest absolute Gasteiger partial charge is 0.480 e. The number of nitrogens with two attached hydrogens (primary N) is 2. The van der Waals surface area contributed by atoms with E-state index in [0.29, 0.717) is 24.1 Å². The van der Waals surface area contributed by atoms with Gasteiger partial charge >= 0.3 is 11.7 Å². The molecule has 2 aromatic heterocycles. The van der Waals surface area contributed by atoms with Gasteiger partial charge in [-0.15, -0.1) is 0 Å². The van der Waals surface area contributed by atoms with Crippen LogP contribution in [0.3, 0.4) is 0 Å². The molecule has 0 spiro atoms. The number of hydrogen-bond donors (Lipinski definition) is 3. The van der Waals surface area contributed by atoms with Gasteiger partial charge in [-0.3, -0.25) is 18.7 Å². The summed E-state index contributed by atoms with van der Waals surface area (Å²) in [6.45, 7) is 0.604. The zero-order valence-electron chi connectivity index (χ0n) is 14.1. The fourth-order valence-electron chi connectivity index (χ4n) is 2.10. The Balaban J connectivity index is 0.000000257. The van der Waals surface area contributed by atoms with Gasteiger partial charge in [0.25, 0.3) is 5.56 Å². The molecule has 0 aromatic carbocycles. The molecule has 0 aliphatic rings. The number of aliphatic carboxylic acids is 1. The zero-order chi connectivity index (χ0) is 18.4. The van der Waals surface area contributed by atoms with Crippen molar-refractivity contribution in [3.63, 3.8) is 0 Å². The standard InChI is InChI=1S/C8H10N4O2.C6H14N2O2/c1-10-4-9-6-5(10)7(13)12(3)8(14)11(6)2;7-4-2-1-3-5(8)6(9)10/h4H,1-3H3;5H,1-4,7-8H2,(H,9,10)/t;5-/m.0/s1. The molecule has 0 saturated heterocycles. The average molecular weight is 340 g/mol. The van der Waals surface area contributed by atoms with Gasteiger partial charge in [0.15, 0.2) is 11.2 Å². The second-order valence-corrected chi connectivity index (χ2v) is 5.46. The maximum absolute atomic E-state index is 11.7. The number of carbonyl (C=O) groups is 1. The number of hydrogen-bond acceptors (Lipinski definition) is 6. The molecule has 0 radical (unpaired) electrons. The highest BCUT2D eigenvalue weighted by atomic mass is 16.4. The second kappa shape index (κ2) is 8.41. The number of unbranched alkanes of at least 4 members (excludes halogenated alkanes) is 1. The minimum atomic E-state index is -0.933. The first-order valence-electron chi connectivity index (χ1n) is 7.47. The smallest absolute Gasteiger partial charge is 0.332 e. The molecular formula is C14H24N6O4. The maximum Gasteiger partial charge on any atom is 0.332 e. The zero-order valence-corrected chi connectivity index (χ0v) is 14.1. The number of aryl methyl sites for hydroxylation is 2. The molecule has 2 aromatic rings.